The van der Waals surface area contributed by atoms with Gasteiger partial charge in [-0.3, -0.25) is 0 Å². The second-order valence-corrected chi connectivity index (χ2v) is 6.68. The second-order valence-electron chi connectivity index (χ2n) is 5.62. The van der Waals surface area contributed by atoms with Crippen LogP contribution >= 0.6 is 11.3 Å². The van der Waals surface area contributed by atoms with E-state index in [1.807, 2.05) is 0 Å². The highest BCUT2D eigenvalue weighted by molar-refractivity contribution is 7.15. The maximum atomic E-state index is 9.48. The van der Waals surface area contributed by atoms with Crippen molar-refractivity contribution in [2.24, 2.45) is 0 Å². The molecule has 21 heavy (non-hydrogen) atoms. The largest absolute Gasteiger partial charge is 0.391 e. The molecule has 0 amide bonds. The van der Waals surface area contributed by atoms with E-state index in [4.69, 9.17) is 4.98 Å². The van der Waals surface area contributed by atoms with Crippen LogP contribution in [-0.4, -0.2) is 23.2 Å². The molecule has 4 heteroatoms. The first-order chi connectivity index (χ1) is 10.3. The number of hydrogen-bond acceptors (Lipinski definition) is 4. The smallest absolute Gasteiger partial charge is 0.185 e. The lowest BCUT2D eigenvalue weighted by Gasteiger charge is -2.15. The number of aromatic nitrogens is 1. The van der Waals surface area contributed by atoms with Crippen LogP contribution in [0.25, 0.3) is 0 Å². The van der Waals surface area contributed by atoms with Crippen LogP contribution in [-0.2, 0) is 13.0 Å². The Hall–Kier alpha value is -1.39. The molecule has 0 spiro atoms. The molecule has 1 aliphatic heterocycles. The third kappa shape index (κ3) is 3.11. The Morgan fingerprint density at radius 3 is 2.86 bits per heavy atom. The van der Waals surface area contributed by atoms with Crippen LogP contribution in [0.5, 0.6) is 0 Å². The van der Waals surface area contributed by atoms with E-state index in [2.05, 4.69) is 42.2 Å². The first-order valence-electron chi connectivity index (χ1n) is 7.71. The minimum absolute atomic E-state index is 0.114. The van der Waals surface area contributed by atoms with Crippen molar-refractivity contribution in [1.29, 1.82) is 0 Å². The number of hydrogen-bond donors (Lipinski definition) is 1. The predicted octanol–water partition coefficient (Wildman–Crippen LogP) is 3.58. The third-order valence-electron chi connectivity index (χ3n) is 4.13. The standard InChI is InChI=1S/C17H22N2OS/c1-2-6-15-16(12-20)21-17(18-15)19-10-9-14(11-19)13-7-4-3-5-8-13/h3-5,7-8,14,20H,2,6,9-12H2,1H3. The first-order valence-corrected chi connectivity index (χ1v) is 8.52. The molecule has 3 rings (SSSR count). The molecule has 0 radical (unpaired) electrons. The lowest BCUT2D eigenvalue weighted by Crippen LogP contribution is -2.18. The van der Waals surface area contributed by atoms with Crippen LogP contribution in [0.15, 0.2) is 30.3 Å². The average molecular weight is 302 g/mol. The van der Waals surface area contributed by atoms with E-state index in [0.29, 0.717) is 5.92 Å². The maximum absolute atomic E-state index is 9.48. The van der Waals surface area contributed by atoms with Gasteiger partial charge in [0.15, 0.2) is 5.13 Å². The molecule has 0 aliphatic carbocycles. The van der Waals surface area contributed by atoms with Gasteiger partial charge in [0, 0.05) is 19.0 Å². The Labute approximate surface area is 130 Å². The molecule has 0 saturated carbocycles. The number of benzene rings is 1. The Kier molecular flexibility index (Phi) is 4.56. The fourth-order valence-corrected chi connectivity index (χ4v) is 3.99. The van der Waals surface area contributed by atoms with E-state index in [-0.39, 0.29) is 6.61 Å². The van der Waals surface area contributed by atoms with Crippen LogP contribution in [0, 0.1) is 0 Å². The lowest BCUT2D eigenvalue weighted by atomic mass is 9.99. The van der Waals surface area contributed by atoms with Gasteiger partial charge in [0.1, 0.15) is 0 Å². The van der Waals surface area contributed by atoms with E-state index in [1.165, 1.54) is 12.0 Å². The SMILES string of the molecule is CCCc1nc(N2CCC(c3ccccc3)C2)sc1CO. The molecule has 112 valence electrons. The summed E-state index contributed by atoms with van der Waals surface area (Å²) >= 11 is 1.66. The van der Waals surface area contributed by atoms with Crippen molar-refractivity contribution >= 4 is 16.5 Å². The van der Waals surface area contributed by atoms with Gasteiger partial charge < -0.3 is 10.0 Å². The van der Waals surface area contributed by atoms with Crippen molar-refractivity contribution in [3.8, 4) is 0 Å². The number of thiazole rings is 1. The van der Waals surface area contributed by atoms with Crippen LogP contribution < -0.4 is 4.90 Å². The number of aliphatic hydroxyl groups excluding tert-OH is 1. The quantitative estimate of drug-likeness (QED) is 0.917. The zero-order chi connectivity index (χ0) is 14.7. The van der Waals surface area contributed by atoms with Gasteiger partial charge in [0.25, 0.3) is 0 Å². The zero-order valence-corrected chi connectivity index (χ0v) is 13.3. The Morgan fingerprint density at radius 1 is 1.33 bits per heavy atom. The van der Waals surface area contributed by atoms with E-state index in [0.717, 1.165) is 41.6 Å². The summed E-state index contributed by atoms with van der Waals surface area (Å²) in [5.41, 5.74) is 2.51. The van der Waals surface area contributed by atoms with Gasteiger partial charge in [0.05, 0.1) is 17.2 Å². The van der Waals surface area contributed by atoms with Gasteiger partial charge in [0.2, 0.25) is 0 Å². The first kappa shape index (κ1) is 14.5. The van der Waals surface area contributed by atoms with Crippen molar-refractivity contribution in [1.82, 2.24) is 4.98 Å². The highest BCUT2D eigenvalue weighted by Crippen LogP contribution is 2.34. The van der Waals surface area contributed by atoms with E-state index in [9.17, 15) is 5.11 Å². The topological polar surface area (TPSA) is 36.4 Å². The van der Waals surface area contributed by atoms with Crippen molar-refractivity contribution < 1.29 is 5.11 Å². The molecule has 1 aromatic carbocycles. The molecule has 0 bridgehead atoms. The molecule has 1 fully saturated rings. The molecule has 2 heterocycles. The summed E-state index contributed by atoms with van der Waals surface area (Å²) in [6.07, 6.45) is 3.21. The van der Waals surface area contributed by atoms with Gasteiger partial charge in [-0.15, -0.1) is 0 Å². The van der Waals surface area contributed by atoms with Gasteiger partial charge >= 0.3 is 0 Å². The highest BCUT2D eigenvalue weighted by Gasteiger charge is 2.26. The van der Waals surface area contributed by atoms with E-state index >= 15 is 0 Å². The molecule has 2 aromatic rings. The predicted molar refractivity (Wildman–Crippen MR) is 88.0 cm³/mol. The van der Waals surface area contributed by atoms with E-state index in [1.54, 1.807) is 11.3 Å². The minimum atomic E-state index is 0.114. The van der Waals surface area contributed by atoms with Crippen LogP contribution in [0.3, 0.4) is 0 Å². The van der Waals surface area contributed by atoms with Crippen LogP contribution in [0.4, 0.5) is 5.13 Å². The van der Waals surface area contributed by atoms with Gasteiger partial charge in [-0.1, -0.05) is 55.0 Å². The lowest BCUT2D eigenvalue weighted by molar-refractivity contribution is 0.284. The Bertz CT molecular complexity index is 582. The second kappa shape index (κ2) is 6.58. The van der Waals surface area contributed by atoms with Crippen molar-refractivity contribution in [3.63, 3.8) is 0 Å². The summed E-state index contributed by atoms with van der Waals surface area (Å²) in [6, 6.07) is 10.7. The monoisotopic (exact) mass is 302 g/mol. The Morgan fingerprint density at radius 2 is 2.14 bits per heavy atom. The number of rotatable bonds is 5. The van der Waals surface area contributed by atoms with Gasteiger partial charge in [-0.25, -0.2) is 4.98 Å². The number of anilines is 1. The van der Waals surface area contributed by atoms with Gasteiger partial charge in [-0.05, 0) is 18.4 Å². The van der Waals surface area contributed by atoms with E-state index < -0.39 is 0 Å². The summed E-state index contributed by atoms with van der Waals surface area (Å²) in [7, 11) is 0. The summed E-state index contributed by atoms with van der Waals surface area (Å²) in [5.74, 6) is 0.599. The summed E-state index contributed by atoms with van der Waals surface area (Å²) in [6.45, 7) is 4.36. The van der Waals surface area contributed by atoms with Crippen molar-refractivity contribution in [3.05, 3.63) is 46.5 Å². The summed E-state index contributed by atoms with van der Waals surface area (Å²) in [4.78, 5) is 8.18. The van der Waals surface area contributed by atoms with Crippen LogP contribution in [0.1, 0.15) is 41.8 Å². The summed E-state index contributed by atoms with van der Waals surface area (Å²) < 4.78 is 0. The molecule has 1 N–H and O–H groups in total. The summed E-state index contributed by atoms with van der Waals surface area (Å²) in [5, 5.41) is 10.6. The average Bonchev–Trinajstić information content (AvgIpc) is 3.15. The maximum Gasteiger partial charge on any atom is 0.185 e. The number of aryl methyl sites for hydroxylation is 1. The minimum Gasteiger partial charge on any atom is -0.391 e. The van der Waals surface area contributed by atoms with Crippen molar-refractivity contribution in [2.45, 2.75) is 38.7 Å². The number of aliphatic hydroxyl groups is 1. The molecule has 1 aliphatic rings. The molecular weight excluding hydrogens is 280 g/mol. The van der Waals surface area contributed by atoms with Crippen molar-refractivity contribution in [2.75, 3.05) is 18.0 Å². The number of nitrogens with zero attached hydrogens (tertiary/aromatic N) is 2. The zero-order valence-electron chi connectivity index (χ0n) is 12.5. The molecule has 1 atom stereocenters. The fraction of sp³-hybridized carbons (Fsp3) is 0.471. The third-order valence-corrected chi connectivity index (χ3v) is 5.27. The van der Waals surface area contributed by atoms with Crippen LogP contribution in [0.2, 0.25) is 0 Å². The Balaban J connectivity index is 1.74. The molecule has 1 aromatic heterocycles. The fourth-order valence-electron chi connectivity index (χ4n) is 2.99. The highest BCUT2D eigenvalue weighted by atomic mass is 32.1. The molecule has 1 saturated heterocycles. The van der Waals surface area contributed by atoms with Gasteiger partial charge in [-0.2, -0.15) is 0 Å². The molecular formula is C17H22N2OS. The normalized spacial score (nSPS) is 18.4. The molecule has 1 unspecified atom stereocenters. The molecule has 3 nitrogen and oxygen atoms in total.